The first-order valence-corrected chi connectivity index (χ1v) is 3.49. The van der Waals surface area contributed by atoms with E-state index in [1.807, 2.05) is 0 Å². The van der Waals surface area contributed by atoms with Gasteiger partial charge in [0.2, 0.25) is 0 Å². The van der Waals surface area contributed by atoms with Crippen molar-refractivity contribution in [2.75, 3.05) is 5.33 Å². The highest BCUT2D eigenvalue weighted by atomic mass is 79.9. The molecule has 4 heteroatoms. The Morgan fingerprint density at radius 2 is 2.38 bits per heavy atom. The largest absolute Gasteiger partial charge is 0.480 e. The van der Waals surface area contributed by atoms with Crippen molar-refractivity contribution < 1.29 is 9.90 Å². The number of carbonyl (C=O) groups is 1. The van der Waals surface area contributed by atoms with Gasteiger partial charge >= 0.3 is 5.97 Å². The van der Waals surface area contributed by atoms with Crippen molar-refractivity contribution >= 4 is 33.5 Å². The highest BCUT2D eigenvalue weighted by molar-refractivity contribution is 9.09. The van der Waals surface area contributed by atoms with Gasteiger partial charge < -0.3 is 5.11 Å². The van der Waals surface area contributed by atoms with Gasteiger partial charge in [0.15, 0.2) is 0 Å². The van der Waals surface area contributed by atoms with E-state index in [9.17, 15) is 4.79 Å². The maximum Gasteiger partial charge on any atom is 0.325 e. The lowest BCUT2D eigenvalue weighted by Crippen LogP contribution is -2.29. The summed E-state index contributed by atoms with van der Waals surface area (Å²) in [5.41, 5.74) is 0. The molecule has 0 spiro atoms. The lowest BCUT2D eigenvalue weighted by Gasteiger charge is -2.10. The number of aliphatic carboxylic acids is 1. The Balaban J connectivity index is 3.91. The number of alkyl halides is 2. The van der Waals surface area contributed by atoms with Crippen molar-refractivity contribution in [2.45, 2.75) is 11.8 Å². The van der Waals surface area contributed by atoms with E-state index in [-0.39, 0.29) is 5.33 Å². The van der Waals surface area contributed by atoms with Crippen molar-refractivity contribution in [2.24, 2.45) is 0 Å². The van der Waals surface area contributed by atoms with Crippen LogP contribution in [-0.2, 0) is 4.79 Å². The maximum atomic E-state index is 10.1. The van der Waals surface area contributed by atoms with Crippen LogP contribution in [0.15, 0.2) is 0 Å². The van der Waals surface area contributed by atoms with Gasteiger partial charge in [-0.1, -0.05) is 15.9 Å². The average Bonchev–Trinajstić information content (AvgIpc) is 1.67. The molecule has 2 nitrogen and oxygen atoms in total. The minimum Gasteiger partial charge on any atom is -0.480 e. The summed E-state index contributed by atoms with van der Waals surface area (Å²) >= 11 is 8.37. The molecule has 0 amide bonds. The summed E-state index contributed by atoms with van der Waals surface area (Å²) in [6.07, 6.45) is 0. The molecule has 0 aromatic carbocycles. The fraction of sp³-hybridized carbons (Fsp3) is 0.750. The molecule has 8 heavy (non-hydrogen) atoms. The Morgan fingerprint density at radius 3 is 2.38 bits per heavy atom. The van der Waals surface area contributed by atoms with Gasteiger partial charge in [-0.05, 0) is 6.92 Å². The number of hydrogen-bond acceptors (Lipinski definition) is 1. The van der Waals surface area contributed by atoms with E-state index in [4.69, 9.17) is 16.7 Å². The quantitative estimate of drug-likeness (QED) is 0.687. The minimum absolute atomic E-state index is 0.261. The minimum atomic E-state index is -1.15. The molecule has 48 valence electrons. The fourth-order valence-corrected chi connectivity index (χ4v) is 0.297. The monoisotopic (exact) mass is 200 g/mol. The average molecular weight is 201 g/mol. The van der Waals surface area contributed by atoms with Crippen LogP contribution in [0.4, 0.5) is 0 Å². The van der Waals surface area contributed by atoms with Crippen LogP contribution in [0, 0.1) is 0 Å². The molecule has 0 aliphatic heterocycles. The first-order chi connectivity index (χ1) is 3.50. The Labute approximate surface area is 61.0 Å². The van der Waals surface area contributed by atoms with E-state index in [0.717, 1.165) is 0 Å². The van der Waals surface area contributed by atoms with E-state index >= 15 is 0 Å². The smallest absolute Gasteiger partial charge is 0.325 e. The molecule has 0 fully saturated rings. The van der Waals surface area contributed by atoms with Crippen LogP contribution >= 0.6 is 27.5 Å². The molecule has 1 atom stereocenters. The Morgan fingerprint density at radius 1 is 2.00 bits per heavy atom. The number of hydrogen-bond donors (Lipinski definition) is 1. The summed E-state index contributed by atoms with van der Waals surface area (Å²) in [6, 6.07) is 0. The zero-order chi connectivity index (χ0) is 6.78. The van der Waals surface area contributed by atoms with Crippen molar-refractivity contribution in [3.8, 4) is 0 Å². The van der Waals surface area contributed by atoms with Crippen molar-refractivity contribution in [3.63, 3.8) is 0 Å². The van der Waals surface area contributed by atoms with Gasteiger partial charge in [0.25, 0.3) is 0 Å². The van der Waals surface area contributed by atoms with Crippen LogP contribution in [0.1, 0.15) is 6.92 Å². The van der Waals surface area contributed by atoms with Gasteiger partial charge in [-0.3, -0.25) is 4.79 Å². The topological polar surface area (TPSA) is 37.3 Å². The molecule has 0 bridgehead atoms. The number of rotatable bonds is 2. The van der Waals surface area contributed by atoms with E-state index in [1.54, 1.807) is 0 Å². The van der Waals surface area contributed by atoms with Gasteiger partial charge in [0.05, 0.1) is 0 Å². The SMILES string of the molecule is C[C@](Cl)(CBr)C(=O)O. The van der Waals surface area contributed by atoms with Gasteiger partial charge in [0, 0.05) is 5.33 Å². The second kappa shape index (κ2) is 2.69. The standard InChI is InChI=1S/C4H6BrClO2/c1-4(6,2-5)3(7)8/h2H2,1H3,(H,7,8)/t4-/m0/s1. The molecular weight excluding hydrogens is 195 g/mol. The first-order valence-electron chi connectivity index (χ1n) is 1.99. The Kier molecular flexibility index (Phi) is 2.77. The second-order valence-electron chi connectivity index (χ2n) is 1.64. The second-order valence-corrected chi connectivity index (χ2v) is 3.03. The predicted octanol–water partition coefficient (Wildman–Crippen LogP) is 1.46. The molecule has 0 radical (unpaired) electrons. The molecule has 0 saturated carbocycles. The molecule has 1 N–H and O–H groups in total. The van der Waals surface area contributed by atoms with E-state index in [2.05, 4.69) is 15.9 Å². The van der Waals surface area contributed by atoms with Gasteiger partial charge in [-0.25, -0.2) is 0 Å². The normalized spacial score (nSPS) is 17.4. The zero-order valence-electron chi connectivity index (χ0n) is 4.32. The number of halogens is 2. The summed E-state index contributed by atoms with van der Waals surface area (Å²) in [5.74, 6) is -1.00. The van der Waals surface area contributed by atoms with Crippen LogP contribution < -0.4 is 0 Å². The third-order valence-corrected chi connectivity index (χ3v) is 2.44. The van der Waals surface area contributed by atoms with E-state index in [0.29, 0.717) is 0 Å². The molecule has 0 aromatic heterocycles. The molecule has 0 aliphatic rings. The molecule has 0 rings (SSSR count). The summed E-state index contributed by atoms with van der Waals surface area (Å²) in [7, 11) is 0. The van der Waals surface area contributed by atoms with Crippen molar-refractivity contribution in [1.29, 1.82) is 0 Å². The first kappa shape index (κ1) is 8.24. The third kappa shape index (κ3) is 2.01. The Bertz CT molecular complexity index is 102. The van der Waals surface area contributed by atoms with Gasteiger partial charge in [-0.2, -0.15) is 0 Å². The molecule has 0 aromatic rings. The van der Waals surface area contributed by atoms with Crippen molar-refractivity contribution in [3.05, 3.63) is 0 Å². The van der Waals surface area contributed by atoms with E-state index in [1.165, 1.54) is 6.92 Å². The predicted molar refractivity (Wildman–Crippen MR) is 35.7 cm³/mol. The van der Waals surface area contributed by atoms with Gasteiger partial charge in [-0.15, -0.1) is 11.6 Å². The van der Waals surface area contributed by atoms with Crippen LogP contribution in [0.2, 0.25) is 0 Å². The molecular formula is C4H6BrClO2. The molecule has 0 saturated heterocycles. The highest BCUT2D eigenvalue weighted by Gasteiger charge is 2.28. The third-order valence-electron chi connectivity index (χ3n) is 0.697. The highest BCUT2D eigenvalue weighted by Crippen LogP contribution is 2.16. The molecule has 0 aliphatic carbocycles. The summed E-state index contributed by atoms with van der Waals surface area (Å²) < 4.78 is 0. The molecule has 0 unspecified atom stereocenters. The number of carboxylic acid groups (broad SMARTS) is 1. The van der Waals surface area contributed by atoms with Crippen molar-refractivity contribution in [1.82, 2.24) is 0 Å². The zero-order valence-corrected chi connectivity index (χ0v) is 6.66. The molecule has 0 heterocycles. The van der Waals surface area contributed by atoms with Crippen LogP contribution in [0.3, 0.4) is 0 Å². The van der Waals surface area contributed by atoms with Crippen LogP contribution in [0.5, 0.6) is 0 Å². The Hall–Kier alpha value is 0.240. The summed E-state index contributed by atoms with van der Waals surface area (Å²) in [5, 5.41) is 8.54. The lowest BCUT2D eigenvalue weighted by atomic mass is 10.2. The number of carboxylic acids is 1. The lowest BCUT2D eigenvalue weighted by molar-refractivity contribution is -0.139. The van der Waals surface area contributed by atoms with Gasteiger partial charge in [0.1, 0.15) is 4.87 Å². The van der Waals surface area contributed by atoms with Crippen LogP contribution in [0.25, 0.3) is 0 Å². The summed E-state index contributed by atoms with van der Waals surface area (Å²) in [6.45, 7) is 1.44. The van der Waals surface area contributed by atoms with Crippen LogP contribution in [-0.4, -0.2) is 21.3 Å². The van der Waals surface area contributed by atoms with E-state index < -0.39 is 10.8 Å². The maximum absolute atomic E-state index is 10.1. The fourth-order valence-electron chi connectivity index (χ4n) is 0.0572. The summed E-state index contributed by atoms with van der Waals surface area (Å²) in [4.78, 5) is 8.94.